The lowest BCUT2D eigenvalue weighted by atomic mass is 9.88. The summed E-state index contributed by atoms with van der Waals surface area (Å²) in [7, 11) is 0. The molecule has 0 aliphatic heterocycles. The topological polar surface area (TPSA) is 0 Å². The molecule has 1 aliphatic carbocycles. The molecule has 0 aromatic heterocycles. The van der Waals surface area contributed by atoms with Crippen molar-refractivity contribution >= 4 is 0 Å². The molecule has 0 amide bonds. The third-order valence-corrected chi connectivity index (χ3v) is 2.46. The Hall–Kier alpha value is -0.520. The lowest BCUT2D eigenvalue weighted by molar-refractivity contribution is 0.674. The molecule has 96 valence electrons. The SMILES string of the molecule is CC.CC.CC/C=C1/CCCC/C1=C/CC. The van der Waals surface area contributed by atoms with Gasteiger partial charge in [-0.05, 0) is 49.7 Å². The van der Waals surface area contributed by atoms with E-state index in [0.717, 1.165) is 0 Å². The van der Waals surface area contributed by atoms with Crippen LogP contribution in [-0.4, -0.2) is 0 Å². The zero-order valence-electron chi connectivity index (χ0n) is 12.4. The van der Waals surface area contributed by atoms with Gasteiger partial charge in [0.15, 0.2) is 0 Å². The fourth-order valence-electron chi connectivity index (χ4n) is 1.91. The summed E-state index contributed by atoms with van der Waals surface area (Å²) in [5.74, 6) is 0. The minimum atomic E-state index is 1.19. The Balaban J connectivity index is 0. The molecule has 0 bridgehead atoms. The molecule has 1 rings (SSSR count). The average Bonchev–Trinajstić information content (AvgIpc) is 2.37. The van der Waals surface area contributed by atoms with Crippen molar-refractivity contribution in [2.75, 3.05) is 0 Å². The maximum Gasteiger partial charge on any atom is -0.0279 e. The zero-order valence-corrected chi connectivity index (χ0v) is 12.4. The van der Waals surface area contributed by atoms with Crippen molar-refractivity contribution in [3.8, 4) is 0 Å². The first-order chi connectivity index (χ1) is 7.88. The maximum absolute atomic E-state index is 2.40. The molecular formula is C16H32. The van der Waals surface area contributed by atoms with Crippen molar-refractivity contribution in [2.45, 2.75) is 80.1 Å². The molecule has 1 fully saturated rings. The zero-order chi connectivity index (χ0) is 12.8. The minimum absolute atomic E-state index is 1.19. The lowest BCUT2D eigenvalue weighted by Crippen LogP contribution is -1.98. The molecule has 0 aromatic carbocycles. The van der Waals surface area contributed by atoms with E-state index in [1.165, 1.54) is 38.5 Å². The van der Waals surface area contributed by atoms with Gasteiger partial charge in [0, 0.05) is 0 Å². The van der Waals surface area contributed by atoms with Crippen molar-refractivity contribution in [1.29, 1.82) is 0 Å². The van der Waals surface area contributed by atoms with Gasteiger partial charge < -0.3 is 0 Å². The van der Waals surface area contributed by atoms with Crippen LogP contribution in [0.25, 0.3) is 0 Å². The Labute approximate surface area is 104 Å². The molecule has 0 radical (unpaired) electrons. The summed E-state index contributed by atoms with van der Waals surface area (Å²) >= 11 is 0. The predicted octanol–water partition coefficient (Wildman–Crippen LogP) is 6.29. The Bertz CT molecular complexity index is 162. The third-order valence-electron chi connectivity index (χ3n) is 2.46. The monoisotopic (exact) mass is 224 g/mol. The number of rotatable bonds is 2. The van der Waals surface area contributed by atoms with Gasteiger partial charge in [-0.25, -0.2) is 0 Å². The van der Waals surface area contributed by atoms with Gasteiger partial charge >= 0.3 is 0 Å². The quantitative estimate of drug-likeness (QED) is 0.517. The van der Waals surface area contributed by atoms with E-state index in [-0.39, 0.29) is 0 Å². The van der Waals surface area contributed by atoms with Gasteiger partial charge in [-0.2, -0.15) is 0 Å². The van der Waals surface area contributed by atoms with E-state index in [1.54, 1.807) is 11.1 Å². The van der Waals surface area contributed by atoms with Crippen molar-refractivity contribution in [3.05, 3.63) is 23.3 Å². The molecule has 1 saturated carbocycles. The molecule has 0 saturated heterocycles. The van der Waals surface area contributed by atoms with Gasteiger partial charge in [-0.15, -0.1) is 0 Å². The fourth-order valence-corrected chi connectivity index (χ4v) is 1.91. The van der Waals surface area contributed by atoms with E-state index in [2.05, 4.69) is 26.0 Å². The van der Waals surface area contributed by atoms with Crippen LogP contribution in [0.5, 0.6) is 0 Å². The number of hydrogen-bond donors (Lipinski definition) is 0. The Morgan fingerprint density at radius 3 is 1.31 bits per heavy atom. The van der Waals surface area contributed by atoms with Crippen molar-refractivity contribution in [3.63, 3.8) is 0 Å². The molecule has 0 spiro atoms. The number of hydrogen-bond acceptors (Lipinski definition) is 0. The Morgan fingerprint density at radius 1 is 0.750 bits per heavy atom. The van der Waals surface area contributed by atoms with Crippen LogP contribution in [0.3, 0.4) is 0 Å². The first-order valence-electron chi connectivity index (χ1n) is 7.27. The van der Waals surface area contributed by atoms with Gasteiger partial charge in [0.2, 0.25) is 0 Å². The molecule has 0 nitrogen and oxygen atoms in total. The van der Waals surface area contributed by atoms with Gasteiger partial charge in [0.1, 0.15) is 0 Å². The van der Waals surface area contributed by atoms with Gasteiger partial charge in [-0.3, -0.25) is 0 Å². The van der Waals surface area contributed by atoms with Crippen LogP contribution in [-0.2, 0) is 0 Å². The molecular weight excluding hydrogens is 192 g/mol. The summed E-state index contributed by atoms with van der Waals surface area (Å²) < 4.78 is 0. The highest BCUT2D eigenvalue weighted by Gasteiger charge is 2.09. The van der Waals surface area contributed by atoms with Crippen LogP contribution in [0, 0.1) is 0 Å². The second-order valence-corrected chi connectivity index (χ2v) is 3.48. The van der Waals surface area contributed by atoms with Gasteiger partial charge in [0.25, 0.3) is 0 Å². The van der Waals surface area contributed by atoms with Crippen LogP contribution in [0.15, 0.2) is 23.3 Å². The van der Waals surface area contributed by atoms with Crippen LogP contribution >= 0.6 is 0 Å². The highest BCUT2D eigenvalue weighted by molar-refractivity contribution is 5.32. The molecule has 0 atom stereocenters. The molecule has 0 heterocycles. The average molecular weight is 224 g/mol. The van der Waals surface area contributed by atoms with Crippen molar-refractivity contribution < 1.29 is 0 Å². The van der Waals surface area contributed by atoms with E-state index >= 15 is 0 Å². The minimum Gasteiger partial charge on any atom is -0.0813 e. The predicted molar refractivity (Wildman–Crippen MR) is 77.9 cm³/mol. The summed E-state index contributed by atoms with van der Waals surface area (Å²) in [5.41, 5.74) is 3.26. The standard InChI is InChI=1S/C12H20.2C2H6/c1-3-7-11-9-5-6-10-12(11)8-4-2;2*1-2/h7-8H,3-6,9-10H2,1-2H3;2*1-2H3/b11-7-,12-8-;;. The first kappa shape index (κ1) is 17.9. The van der Waals surface area contributed by atoms with Crippen molar-refractivity contribution in [2.24, 2.45) is 0 Å². The second-order valence-electron chi connectivity index (χ2n) is 3.48. The largest absolute Gasteiger partial charge is 0.0813 e. The second kappa shape index (κ2) is 14.5. The van der Waals surface area contributed by atoms with Gasteiger partial charge in [0.05, 0.1) is 0 Å². The normalized spacial score (nSPS) is 19.6. The third kappa shape index (κ3) is 7.73. The van der Waals surface area contributed by atoms with E-state index < -0.39 is 0 Å². The van der Waals surface area contributed by atoms with Gasteiger partial charge in [-0.1, -0.05) is 53.7 Å². The van der Waals surface area contributed by atoms with E-state index in [1.807, 2.05) is 27.7 Å². The van der Waals surface area contributed by atoms with Crippen LogP contribution in [0.2, 0.25) is 0 Å². The van der Waals surface area contributed by atoms with E-state index in [4.69, 9.17) is 0 Å². The molecule has 0 aromatic rings. The van der Waals surface area contributed by atoms with E-state index in [9.17, 15) is 0 Å². The van der Waals surface area contributed by atoms with Crippen LogP contribution < -0.4 is 0 Å². The van der Waals surface area contributed by atoms with E-state index in [0.29, 0.717) is 0 Å². The molecule has 16 heavy (non-hydrogen) atoms. The summed E-state index contributed by atoms with van der Waals surface area (Å²) in [4.78, 5) is 0. The summed E-state index contributed by atoms with van der Waals surface area (Å²) in [5, 5.41) is 0. The lowest BCUT2D eigenvalue weighted by Gasteiger charge is -2.18. The number of allylic oxidation sites excluding steroid dienone is 4. The summed E-state index contributed by atoms with van der Waals surface area (Å²) in [6.07, 6.45) is 12.6. The Kier molecular flexibility index (Phi) is 16.2. The first-order valence-corrected chi connectivity index (χ1v) is 7.27. The van der Waals surface area contributed by atoms with Crippen LogP contribution in [0.4, 0.5) is 0 Å². The Morgan fingerprint density at radius 2 is 1.06 bits per heavy atom. The van der Waals surface area contributed by atoms with Crippen LogP contribution in [0.1, 0.15) is 80.1 Å². The highest BCUT2D eigenvalue weighted by Crippen LogP contribution is 2.29. The summed E-state index contributed by atoms with van der Waals surface area (Å²) in [6.45, 7) is 12.5. The fraction of sp³-hybridized carbons (Fsp3) is 0.750. The molecule has 1 aliphatic rings. The molecule has 0 heteroatoms. The van der Waals surface area contributed by atoms with Crippen molar-refractivity contribution in [1.82, 2.24) is 0 Å². The smallest absolute Gasteiger partial charge is 0.0279 e. The molecule has 0 N–H and O–H groups in total. The molecule has 0 unspecified atom stereocenters. The maximum atomic E-state index is 2.40. The highest BCUT2D eigenvalue weighted by atomic mass is 14.1. The summed E-state index contributed by atoms with van der Waals surface area (Å²) in [6, 6.07) is 0.